The Morgan fingerprint density at radius 3 is 2.60 bits per heavy atom. The van der Waals surface area contributed by atoms with Crippen LogP contribution in [0.1, 0.15) is 16.1 Å². The van der Waals surface area contributed by atoms with E-state index >= 15 is 0 Å². The Morgan fingerprint density at radius 2 is 2.08 bits per heavy atom. The van der Waals surface area contributed by atoms with Crippen LogP contribution in [0.5, 0.6) is 0 Å². The van der Waals surface area contributed by atoms with Gasteiger partial charge in [0.1, 0.15) is 0 Å². The summed E-state index contributed by atoms with van der Waals surface area (Å²) in [5, 5.41) is 25.0. The van der Waals surface area contributed by atoms with E-state index in [0.717, 1.165) is 6.04 Å². The van der Waals surface area contributed by atoms with Gasteiger partial charge in [-0.25, -0.2) is 9.78 Å². The highest BCUT2D eigenvalue weighted by Crippen LogP contribution is 2.33. The maximum Gasteiger partial charge on any atom is 0.356 e. The zero-order valence-corrected chi connectivity index (χ0v) is 17.0. The quantitative estimate of drug-likeness (QED) is 0.424. The van der Waals surface area contributed by atoms with Gasteiger partial charge in [-0.2, -0.15) is 5.10 Å². The molecular formula is C15H19BrN4O4Si. The van der Waals surface area contributed by atoms with Crippen LogP contribution in [0.3, 0.4) is 0 Å². The van der Waals surface area contributed by atoms with Gasteiger partial charge in [0.05, 0.1) is 10.6 Å². The first-order valence-corrected chi connectivity index (χ1v) is 12.1. The molecule has 0 spiro atoms. The molecule has 0 aliphatic carbocycles. The number of aromatic nitrogens is 3. The molecule has 2 aromatic rings. The van der Waals surface area contributed by atoms with Crippen molar-refractivity contribution in [2.24, 2.45) is 0 Å². The molecule has 134 valence electrons. The van der Waals surface area contributed by atoms with Crippen molar-refractivity contribution in [1.82, 2.24) is 14.8 Å². The molecule has 0 unspecified atom stereocenters. The first-order valence-electron chi connectivity index (χ1n) is 7.62. The number of nitro groups is 1. The van der Waals surface area contributed by atoms with Crippen LogP contribution in [0.25, 0.3) is 11.4 Å². The highest BCUT2D eigenvalue weighted by molar-refractivity contribution is 9.10. The summed E-state index contributed by atoms with van der Waals surface area (Å²) < 4.78 is 2.02. The lowest BCUT2D eigenvalue weighted by Crippen LogP contribution is -2.22. The predicted molar refractivity (Wildman–Crippen MR) is 99.7 cm³/mol. The van der Waals surface area contributed by atoms with Crippen LogP contribution < -0.4 is 0 Å². The van der Waals surface area contributed by atoms with E-state index in [0.29, 0.717) is 22.3 Å². The Morgan fingerprint density at radius 1 is 1.44 bits per heavy atom. The molecule has 0 amide bonds. The highest BCUT2D eigenvalue weighted by atomic mass is 79.9. The minimum absolute atomic E-state index is 0.107. The first-order chi connectivity index (χ1) is 11.5. The second-order valence-electron chi connectivity index (χ2n) is 6.94. The lowest BCUT2D eigenvalue weighted by molar-refractivity contribution is -0.384. The molecule has 2 rings (SSSR count). The third-order valence-electron chi connectivity index (χ3n) is 3.72. The van der Waals surface area contributed by atoms with Crippen LogP contribution in [-0.4, -0.2) is 38.8 Å². The Balaban J connectivity index is 2.67. The number of nitrogens with zero attached hydrogens (tertiary/aromatic N) is 4. The lowest BCUT2D eigenvalue weighted by atomic mass is 10.1. The van der Waals surface area contributed by atoms with E-state index in [-0.39, 0.29) is 17.1 Å². The molecule has 8 nitrogen and oxygen atoms in total. The van der Waals surface area contributed by atoms with E-state index in [1.54, 1.807) is 11.6 Å². The van der Waals surface area contributed by atoms with Crippen molar-refractivity contribution >= 4 is 35.7 Å². The molecule has 25 heavy (non-hydrogen) atoms. The number of carbonyl (C=O) groups is 1. The molecule has 2 heterocycles. The van der Waals surface area contributed by atoms with Gasteiger partial charge < -0.3 is 5.11 Å². The van der Waals surface area contributed by atoms with Gasteiger partial charge in [0.15, 0.2) is 11.4 Å². The Hall–Kier alpha value is -2.07. The van der Waals surface area contributed by atoms with Crippen LogP contribution in [0.15, 0.2) is 16.7 Å². The minimum Gasteiger partial charge on any atom is -0.476 e. The number of carboxylic acid groups (broad SMARTS) is 1. The molecule has 10 heteroatoms. The second kappa shape index (κ2) is 7.04. The van der Waals surface area contributed by atoms with Crippen molar-refractivity contribution in [3.8, 4) is 11.4 Å². The summed E-state index contributed by atoms with van der Waals surface area (Å²) in [6.07, 6.45) is 1.46. The molecule has 0 fully saturated rings. The van der Waals surface area contributed by atoms with E-state index in [1.807, 2.05) is 0 Å². The van der Waals surface area contributed by atoms with Crippen molar-refractivity contribution < 1.29 is 14.8 Å². The molecule has 0 saturated heterocycles. The van der Waals surface area contributed by atoms with Crippen LogP contribution in [-0.2, 0) is 6.54 Å². The highest BCUT2D eigenvalue weighted by Gasteiger charge is 2.28. The number of hydrogen-bond donors (Lipinski definition) is 1. The molecule has 0 atom stereocenters. The minimum atomic E-state index is -1.41. The fraction of sp³-hybridized carbons (Fsp3) is 0.400. The fourth-order valence-electron chi connectivity index (χ4n) is 2.41. The summed E-state index contributed by atoms with van der Waals surface area (Å²) in [6.45, 7) is 8.68. The number of pyridine rings is 1. The van der Waals surface area contributed by atoms with E-state index in [9.17, 15) is 20.0 Å². The van der Waals surface area contributed by atoms with Gasteiger partial charge in [-0.3, -0.25) is 14.8 Å². The zero-order chi connectivity index (χ0) is 18.9. The number of hydrogen-bond acceptors (Lipinski definition) is 5. The average molecular weight is 427 g/mol. The maximum absolute atomic E-state index is 11.5. The maximum atomic E-state index is 11.5. The summed E-state index contributed by atoms with van der Waals surface area (Å²) >= 11 is 3.18. The van der Waals surface area contributed by atoms with Crippen LogP contribution in [0.4, 0.5) is 5.69 Å². The van der Waals surface area contributed by atoms with Gasteiger partial charge in [0, 0.05) is 36.9 Å². The van der Waals surface area contributed by atoms with E-state index in [1.165, 1.54) is 12.3 Å². The van der Waals surface area contributed by atoms with Crippen molar-refractivity contribution in [1.29, 1.82) is 0 Å². The molecule has 0 saturated carbocycles. The number of halogens is 1. The monoisotopic (exact) mass is 426 g/mol. The number of aromatic carboxylic acids is 1. The molecule has 2 aromatic heterocycles. The van der Waals surface area contributed by atoms with E-state index in [4.69, 9.17) is 0 Å². The molecular weight excluding hydrogens is 408 g/mol. The third-order valence-corrected chi connectivity index (χ3v) is 5.88. The van der Waals surface area contributed by atoms with Crippen LogP contribution in [0.2, 0.25) is 25.7 Å². The van der Waals surface area contributed by atoms with Gasteiger partial charge in [-0.1, -0.05) is 19.6 Å². The van der Waals surface area contributed by atoms with Crippen LogP contribution >= 0.6 is 15.9 Å². The van der Waals surface area contributed by atoms with Crippen molar-refractivity contribution in [3.63, 3.8) is 0 Å². The van der Waals surface area contributed by atoms with Crippen molar-refractivity contribution in [2.45, 2.75) is 39.2 Å². The van der Waals surface area contributed by atoms with Crippen LogP contribution in [0, 0.1) is 17.0 Å². The summed E-state index contributed by atoms with van der Waals surface area (Å²) in [4.78, 5) is 26.5. The number of rotatable bonds is 6. The molecule has 1 N–H and O–H groups in total. The fourth-order valence-corrected chi connectivity index (χ4v) is 3.61. The second-order valence-corrected chi connectivity index (χ2v) is 13.5. The zero-order valence-electron chi connectivity index (χ0n) is 14.4. The number of carboxylic acids is 1. The van der Waals surface area contributed by atoms with Gasteiger partial charge in [-0.05, 0) is 28.9 Å². The molecule has 0 aromatic carbocycles. The van der Waals surface area contributed by atoms with Crippen molar-refractivity contribution in [2.75, 3.05) is 0 Å². The number of aryl methyl sites for hydroxylation is 1. The Kier molecular flexibility index (Phi) is 5.42. The molecule has 0 bridgehead atoms. The standard InChI is InChI=1S/C15H19BrN4O4Si/c1-9-12(15(21)22)18-19(5-6-25(2,3)4)14(9)13-11(20(23)24)7-10(16)8-17-13/h7-8H,5-6H2,1-4H3,(H,21,22). The predicted octanol–water partition coefficient (Wildman–Crippen LogP) is 3.96. The smallest absolute Gasteiger partial charge is 0.356 e. The van der Waals surface area contributed by atoms with E-state index < -0.39 is 19.0 Å². The third kappa shape index (κ3) is 4.31. The summed E-state index contributed by atoms with van der Waals surface area (Å²) in [7, 11) is -1.41. The van der Waals surface area contributed by atoms with Gasteiger partial charge in [0.2, 0.25) is 0 Å². The molecule has 0 radical (unpaired) electrons. The summed E-state index contributed by atoms with van der Waals surface area (Å²) in [6, 6.07) is 2.22. The summed E-state index contributed by atoms with van der Waals surface area (Å²) in [5.41, 5.74) is 0.588. The summed E-state index contributed by atoms with van der Waals surface area (Å²) in [5.74, 6) is -1.16. The molecule has 0 aliphatic heterocycles. The topological polar surface area (TPSA) is 111 Å². The average Bonchev–Trinajstić information content (AvgIpc) is 2.81. The van der Waals surface area contributed by atoms with Crippen molar-refractivity contribution in [3.05, 3.63) is 38.1 Å². The van der Waals surface area contributed by atoms with Gasteiger partial charge in [0.25, 0.3) is 5.69 Å². The van der Waals surface area contributed by atoms with E-state index in [2.05, 4.69) is 45.7 Å². The van der Waals surface area contributed by atoms with Gasteiger partial charge in [-0.15, -0.1) is 0 Å². The molecule has 0 aliphatic rings. The largest absolute Gasteiger partial charge is 0.476 e. The first kappa shape index (κ1) is 19.3. The van der Waals surface area contributed by atoms with Gasteiger partial charge >= 0.3 is 5.97 Å². The Bertz CT molecular complexity index is 845. The SMILES string of the molecule is Cc1c(C(=O)O)nn(CC[Si](C)(C)C)c1-c1ncc(Br)cc1[N+](=O)[O-]. The normalized spacial score (nSPS) is 11.6. The lowest BCUT2D eigenvalue weighted by Gasteiger charge is -2.16. The Labute approximate surface area is 154 Å².